The number of hydrogen-bond donors (Lipinski definition) is 2. The van der Waals surface area contributed by atoms with Crippen molar-refractivity contribution in [2.75, 3.05) is 10.6 Å². The van der Waals surface area contributed by atoms with Crippen molar-refractivity contribution in [1.82, 2.24) is 19.7 Å². The third-order valence-corrected chi connectivity index (χ3v) is 5.84. The number of ether oxygens (including phenoxy) is 1. The number of carbonyl (C=O) groups excluding carboxylic acids is 1. The second kappa shape index (κ2) is 9.26. The molecule has 2 aromatic heterocycles. The molecule has 5 rings (SSSR count). The first-order valence-corrected chi connectivity index (χ1v) is 11.2. The molecule has 0 radical (unpaired) electrons. The molecule has 2 heterocycles. The van der Waals surface area contributed by atoms with Crippen LogP contribution in [0.15, 0.2) is 79.1 Å². The lowest BCUT2D eigenvalue weighted by atomic mass is 10.1. The van der Waals surface area contributed by atoms with Crippen LogP contribution in [0, 0.1) is 20.8 Å². The smallest absolute Gasteiger partial charge is 0.323 e. The number of nitrogens with one attached hydrogen (secondary N) is 2. The molecular weight excluding hydrogens is 440 g/mol. The molecule has 8 nitrogen and oxygen atoms in total. The highest BCUT2D eigenvalue weighted by Crippen LogP contribution is 2.24. The van der Waals surface area contributed by atoms with Crippen LogP contribution >= 0.6 is 0 Å². The van der Waals surface area contributed by atoms with Gasteiger partial charge in [-0.25, -0.2) is 19.4 Å². The van der Waals surface area contributed by atoms with E-state index in [2.05, 4.69) is 25.7 Å². The zero-order valence-electron chi connectivity index (χ0n) is 19.6. The number of rotatable bonds is 5. The molecule has 0 atom stereocenters. The SMILES string of the molecule is Cc1nn(-c2cc(Oc3ccc(NC(=O)Nc4ccc5ccccc5c4)cc3)ncn2)c(C)c1C. The Kier molecular flexibility index (Phi) is 5.85. The molecule has 0 unspecified atom stereocenters. The van der Waals surface area contributed by atoms with Crippen molar-refractivity contribution in [3.8, 4) is 17.4 Å². The molecule has 0 aliphatic carbocycles. The van der Waals surface area contributed by atoms with Crippen LogP contribution < -0.4 is 15.4 Å². The zero-order valence-corrected chi connectivity index (χ0v) is 19.6. The molecule has 0 spiro atoms. The van der Waals surface area contributed by atoms with E-state index in [9.17, 15) is 4.79 Å². The van der Waals surface area contributed by atoms with Crippen molar-refractivity contribution < 1.29 is 9.53 Å². The lowest BCUT2D eigenvalue weighted by Crippen LogP contribution is -2.19. The van der Waals surface area contributed by atoms with Gasteiger partial charge in [0.25, 0.3) is 0 Å². The fourth-order valence-corrected chi connectivity index (χ4v) is 3.73. The number of anilines is 2. The Hall–Kier alpha value is -4.72. The van der Waals surface area contributed by atoms with Gasteiger partial charge >= 0.3 is 6.03 Å². The first-order valence-electron chi connectivity index (χ1n) is 11.2. The zero-order chi connectivity index (χ0) is 24.4. The number of hydrogen-bond acceptors (Lipinski definition) is 5. The first kappa shape index (κ1) is 22.1. The Morgan fingerprint density at radius 3 is 2.29 bits per heavy atom. The van der Waals surface area contributed by atoms with Gasteiger partial charge in [-0.2, -0.15) is 5.10 Å². The van der Waals surface area contributed by atoms with E-state index in [4.69, 9.17) is 4.74 Å². The van der Waals surface area contributed by atoms with Crippen molar-refractivity contribution in [2.24, 2.45) is 0 Å². The van der Waals surface area contributed by atoms with Gasteiger partial charge in [0, 0.05) is 23.1 Å². The normalized spacial score (nSPS) is 10.8. The summed E-state index contributed by atoms with van der Waals surface area (Å²) in [5.74, 6) is 1.61. The highest BCUT2D eigenvalue weighted by Gasteiger charge is 2.12. The third kappa shape index (κ3) is 4.81. The predicted molar refractivity (Wildman–Crippen MR) is 136 cm³/mol. The molecular formula is C27H24N6O2. The lowest BCUT2D eigenvalue weighted by molar-refractivity contribution is 0.262. The quantitative estimate of drug-likeness (QED) is 0.324. The number of nitrogens with zero attached hydrogens (tertiary/aromatic N) is 4. The van der Waals surface area contributed by atoms with E-state index < -0.39 is 0 Å². The molecule has 2 N–H and O–H groups in total. The molecule has 0 fully saturated rings. The second-order valence-corrected chi connectivity index (χ2v) is 8.19. The van der Waals surface area contributed by atoms with Gasteiger partial charge in [-0.15, -0.1) is 0 Å². The maximum Gasteiger partial charge on any atom is 0.323 e. The molecule has 0 saturated heterocycles. The first-order chi connectivity index (χ1) is 17.0. The van der Waals surface area contributed by atoms with Crippen LogP contribution in [0.25, 0.3) is 16.6 Å². The lowest BCUT2D eigenvalue weighted by Gasteiger charge is -2.10. The van der Waals surface area contributed by atoms with E-state index >= 15 is 0 Å². The molecule has 8 heteroatoms. The molecule has 3 aromatic carbocycles. The van der Waals surface area contributed by atoms with Gasteiger partial charge in [-0.1, -0.05) is 30.3 Å². The van der Waals surface area contributed by atoms with Crippen LogP contribution in [0.2, 0.25) is 0 Å². The fourth-order valence-electron chi connectivity index (χ4n) is 3.73. The van der Waals surface area contributed by atoms with Gasteiger partial charge in [-0.05, 0) is 73.5 Å². The summed E-state index contributed by atoms with van der Waals surface area (Å²) in [6.45, 7) is 6.00. The van der Waals surface area contributed by atoms with Crippen LogP contribution in [-0.2, 0) is 0 Å². The predicted octanol–water partition coefficient (Wildman–Crippen LogP) is 6.18. The molecule has 0 aliphatic rings. The summed E-state index contributed by atoms with van der Waals surface area (Å²) < 4.78 is 7.67. The van der Waals surface area contributed by atoms with Gasteiger partial charge < -0.3 is 15.4 Å². The van der Waals surface area contributed by atoms with Gasteiger partial charge in [0.2, 0.25) is 5.88 Å². The molecule has 0 saturated carbocycles. The monoisotopic (exact) mass is 464 g/mol. The number of carbonyl (C=O) groups is 1. The Morgan fingerprint density at radius 1 is 0.829 bits per heavy atom. The average Bonchev–Trinajstić information content (AvgIpc) is 3.12. The molecule has 0 aliphatic heterocycles. The van der Waals surface area contributed by atoms with Crippen molar-refractivity contribution in [3.63, 3.8) is 0 Å². The van der Waals surface area contributed by atoms with Crippen molar-refractivity contribution in [2.45, 2.75) is 20.8 Å². The minimum absolute atomic E-state index is 0.324. The van der Waals surface area contributed by atoms with E-state index in [0.29, 0.717) is 23.1 Å². The van der Waals surface area contributed by atoms with Gasteiger partial charge in [0.05, 0.1) is 5.69 Å². The van der Waals surface area contributed by atoms with Gasteiger partial charge in [0.1, 0.15) is 12.1 Å². The maximum atomic E-state index is 12.4. The summed E-state index contributed by atoms with van der Waals surface area (Å²) in [5.41, 5.74) is 4.45. The number of fused-ring (bicyclic) bond motifs is 1. The van der Waals surface area contributed by atoms with E-state index in [-0.39, 0.29) is 6.03 Å². The third-order valence-electron chi connectivity index (χ3n) is 5.84. The Bertz CT molecular complexity index is 1530. The molecule has 0 bridgehead atoms. The maximum absolute atomic E-state index is 12.4. The highest BCUT2D eigenvalue weighted by atomic mass is 16.5. The van der Waals surface area contributed by atoms with E-state index in [1.165, 1.54) is 6.33 Å². The standard InChI is InChI=1S/C27H24N6O2/c1-17-18(2)32-33(19(17)3)25-15-26(29-16-28-25)35-24-12-10-22(11-13-24)30-27(34)31-23-9-8-20-6-4-5-7-21(20)14-23/h4-16H,1-3H3,(H2,30,31,34). The van der Waals surface area contributed by atoms with E-state index in [0.717, 1.165) is 33.4 Å². The summed E-state index contributed by atoms with van der Waals surface area (Å²) in [6, 6.07) is 22.3. The van der Waals surface area contributed by atoms with Crippen LogP contribution in [0.3, 0.4) is 0 Å². The molecule has 35 heavy (non-hydrogen) atoms. The van der Waals surface area contributed by atoms with Gasteiger partial charge in [-0.3, -0.25) is 0 Å². The largest absolute Gasteiger partial charge is 0.439 e. The number of amides is 2. The Balaban J connectivity index is 1.23. The van der Waals surface area contributed by atoms with Crippen LogP contribution in [0.5, 0.6) is 11.6 Å². The summed E-state index contributed by atoms with van der Waals surface area (Å²) in [7, 11) is 0. The molecule has 5 aromatic rings. The number of urea groups is 1. The summed E-state index contributed by atoms with van der Waals surface area (Å²) >= 11 is 0. The number of aromatic nitrogens is 4. The van der Waals surface area contributed by atoms with Crippen molar-refractivity contribution >= 4 is 28.2 Å². The summed E-state index contributed by atoms with van der Waals surface area (Å²) in [6.07, 6.45) is 1.45. The average molecular weight is 465 g/mol. The number of aryl methyl sites for hydroxylation is 1. The van der Waals surface area contributed by atoms with Crippen LogP contribution in [0.4, 0.5) is 16.2 Å². The van der Waals surface area contributed by atoms with Crippen molar-refractivity contribution in [1.29, 1.82) is 0 Å². The summed E-state index contributed by atoms with van der Waals surface area (Å²) in [5, 5.41) is 12.4. The van der Waals surface area contributed by atoms with Crippen LogP contribution in [0.1, 0.15) is 17.0 Å². The highest BCUT2D eigenvalue weighted by molar-refractivity contribution is 6.01. The number of benzene rings is 3. The minimum atomic E-state index is -0.324. The Morgan fingerprint density at radius 2 is 1.54 bits per heavy atom. The van der Waals surface area contributed by atoms with Gasteiger partial charge in [0.15, 0.2) is 5.82 Å². The van der Waals surface area contributed by atoms with Crippen LogP contribution in [-0.4, -0.2) is 25.8 Å². The van der Waals surface area contributed by atoms with E-state index in [1.807, 2.05) is 63.2 Å². The topological polar surface area (TPSA) is 94.0 Å². The molecule has 174 valence electrons. The van der Waals surface area contributed by atoms with E-state index in [1.54, 1.807) is 35.0 Å². The second-order valence-electron chi connectivity index (χ2n) is 8.19. The molecule has 2 amide bonds. The fraction of sp³-hybridized carbons (Fsp3) is 0.111. The van der Waals surface area contributed by atoms with Crippen molar-refractivity contribution in [3.05, 3.63) is 96.1 Å². The summed E-state index contributed by atoms with van der Waals surface area (Å²) in [4.78, 5) is 21.0. The Labute approximate surface area is 202 Å². The minimum Gasteiger partial charge on any atom is -0.439 e.